The molecule has 100 valence electrons. The van der Waals surface area contributed by atoms with Crippen LogP contribution in [0, 0.1) is 25.5 Å². The molecule has 2 heterocycles. The lowest BCUT2D eigenvalue weighted by Crippen LogP contribution is -2.24. The van der Waals surface area contributed by atoms with Crippen LogP contribution in [0.1, 0.15) is 29.3 Å². The highest BCUT2D eigenvalue weighted by Crippen LogP contribution is 2.32. The minimum atomic E-state index is -0.546. The normalized spacial score (nSPS) is 18.0. The van der Waals surface area contributed by atoms with Gasteiger partial charge in [0.25, 0.3) is 0 Å². The maximum absolute atomic E-state index is 13.4. The van der Waals surface area contributed by atoms with Crippen molar-refractivity contribution in [1.82, 2.24) is 9.78 Å². The Morgan fingerprint density at radius 3 is 2.58 bits per heavy atom. The summed E-state index contributed by atoms with van der Waals surface area (Å²) in [5.74, 6) is -0.148. The average Bonchev–Trinajstić information content (AvgIpc) is 2.64. The highest BCUT2D eigenvalue weighted by atomic mass is 19.1. The van der Waals surface area contributed by atoms with Gasteiger partial charge in [-0.2, -0.15) is 5.10 Å². The average molecular weight is 263 g/mol. The van der Waals surface area contributed by atoms with Crippen molar-refractivity contribution in [3.63, 3.8) is 0 Å². The molecule has 1 aliphatic rings. The molecule has 2 aromatic rings. The Balaban J connectivity index is 2.10. The Labute approximate surface area is 110 Å². The Morgan fingerprint density at radius 1 is 1.21 bits per heavy atom. The maximum atomic E-state index is 13.4. The summed E-state index contributed by atoms with van der Waals surface area (Å²) in [6.07, 6.45) is 0.760. The smallest absolute Gasteiger partial charge is 0.128 e. The van der Waals surface area contributed by atoms with E-state index < -0.39 is 11.6 Å². The summed E-state index contributed by atoms with van der Waals surface area (Å²) in [7, 11) is 0. The van der Waals surface area contributed by atoms with E-state index in [1.54, 1.807) is 0 Å². The SMILES string of the molecule is Cc1nn2c(c1C)NCCC2c1cc(F)cc(F)c1. The number of halogens is 2. The lowest BCUT2D eigenvalue weighted by atomic mass is 10.0. The van der Waals surface area contributed by atoms with E-state index in [0.29, 0.717) is 5.56 Å². The third-order valence-electron chi connectivity index (χ3n) is 3.66. The number of anilines is 1. The summed E-state index contributed by atoms with van der Waals surface area (Å²) in [6.45, 7) is 4.70. The van der Waals surface area contributed by atoms with Gasteiger partial charge in [-0.3, -0.25) is 0 Å². The summed E-state index contributed by atoms with van der Waals surface area (Å²) in [5.41, 5.74) is 2.65. The van der Waals surface area contributed by atoms with E-state index in [1.807, 2.05) is 18.5 Å². The minimum absolute atomic E-state index is 0.117. The molecule has 3 nitrogen and oxygen atoms in total. The molecule has 0 bridgehead atoms. The number of nitrogens with one attached hydrogen (secondary N) is 1. The van der Waals surface area contributed by atoms with Gasteiger partial charge in [0.2, 0.25) is 0 Å². The number of hydrogen-bond donors (Lipinski definition) is 1. The van der Waals surface area contributed by atoms with Crippen molar-refractivity contribution in [3.8, 4) is 0 Å². The van der Waals surface area contributed by atoms with Crippen LogP contribution in [0.25, 0.3) is 0 Å². The first-order valence-corrected chi connectivity index (χ1v) is 6.32. The molecule has 0 saturated heterocycles. The molecule has 0 saturated carbocycles. The zero-order valence-corrected chi connectivity index (χ0v) is 10.9. The molecule has 0 amide bonds. The summed E-state index contributed by atoms with van der Waals surface area (Å²) >= 11 is 0. The molecule has 0 aliphatic carbocycles. The zero-order valence-electron chi connectivity index (χ0n) is 10.9. The molecule has 1 aromatic heterocycles. The van der Waals surface area contributed by atoms with Crippen molar-refractivity contribution < 1.29 is 8.78 Å². The summed E-state index contributed by atoms with van der Waals surface area (Å²) in [5, 5.41) is 7.77. The van der Waals surface area contributed by atoms with E-state index in [1.165, 1.54) is 12.1 Å². The van der Waals surface area contributed by atoms with Gasteiger partial charge < -0.3 is 5.32 Å². The van der Waals surface area contributed by atoms with E-state index in [9.17, 15) is 8.78 Å². The van der Waals surface area contributed by atoms with Crippen LogP contribution in [-0.2, 0) is 0 Å². The highest BCUT2D eigenvalue weighted by Gasteiger charge is 2.25. The first kappa shape index (κ1) is 12.1. The molecular weight excluding hydrogens is 248 g/mol. The molecule has 1 atom stereocenters. The van der Waals surface area contributed by atoms with Gasteiger partial charge in [0.1, 0.15) is 17.5 Å². The van der Waals surface area contributed by atoms with Gasteiger partial charge >= 0.3 is 0 Å². The second-order valence-corrected chi connectivity index (χ2v) is 4.94. The number of aromatic nitrogens is 2. The van der Waals surface area contributed by atoms with Gasteiger partial charge in [0.05, 0.1) is 11.7 Å². The van der Waals surface area contributed by atoms with Crippen LogP contribution in [0.15, 0.2) is 18.2 Å². The van der Waals surface area contributed by atoms with Gasteiger partial charge in [-0.15, -0.1) is 0 Å². The van der Waals surface area contributed by atoms with Gasteiger partial charge in [0.15, 0.2) is 0 Å². The molecule has 0 radical (unpaired) electrons. The predicted molar refractivity (Wildman–Crippen MR) is 69.3 cm³/mol. The Hall–Kier alpha value is -1.91. The summed E-state index contributed by atoms with van der Waals surface area (Å²) in [6, 6.07) is 3.55. The molecule has 5 heteroatoms. The van der Waals surface area contributed by atoms with Gasteiger partial charge in [0, 0.05) is 18.2 Å². The quantitative estimate of drug-likeness (QED) is 0.856. The Bertz CT molecular complexity index is 614. The van der Waals surface area contributed by atoms with Crippen molar-refractivity contribution in [1.29, 1.82) is 0 Å². The van der Waals surface area contributed by atoms with E-state index in [0.717, 1.165) is 36.1 Å². The number of hydrogen-bond acceptors (Lipinski definition) is 2. The number of rotatable bonds is 1. The molecular formula is C14H15F2N3. The largest absolute Gasteiger partial charge is 0.370 e. The van der Waals surface area contributed by atoms with Crippen molar-refractivity contribution in [3.05, 3.63) is 46.7 Å². The second kappa shape index (κ2) is 4.33. The third-order valence-corrected chi connectivity index (χ3v) is 3.66. The number of benzene rings is 1. The van der Waals surface area contributed by atoms with Crippen molar-refractivity contribution in [2.45, 2.75) is 26.3 Å². The molecule has 1 aliphatic heterocycles. The summed E-state index contributed by atoms with van der Waals surface area (Å²) < 4.78 is 28.6. The van der Waals surface area contributed by atoms with Gasteiger partial charge in [-0.05, 0) is 38.0 Å². The van der Waals surface area contributed by atoms with Crippen molar-refractivity contribution >= 4 is 5.82 Å². The van der Waals surface area contributed by atoms with E-state index in [4.69, 9.17) is 0 Å². The van der Waals surface area contributed by atoms with Crippen LogP contribution in [0.3, 0.4) is 0 Å². The Morgan fingerprint density at radius 2 is 1.89 bits per heavy atom. The lowest BCUT2D eigenvalue weighted by Gasteiger charge is -2.26. The number of nitrogens with zero attached hydrogens (tertiary/aromatic N) is 2. The molecule has 19 heavy (non-hydrogen) atoms. The van der Waals surface area contributed by atoms with Crippen LogP contribution in [0.2, 0.25) is 0 Å². The van der Waals surface area contributed by atoms with Gasteiger partial charge in [-0.25, -0.2) is 13.5 Å². The van der Waals surface area contributed by atoms with Crippen LogP contribution in [0.4, 0.5) is 14.6 Å². The maximum Gasteiger partial charge on any atom is 0.128 e. The molecule has 1 N–H and O–H groups in total. The van der Waals surface area contributed by atoms with E-state index in [2.05, 4.69) is 10.4 Å². The van der Waals surface area contributed by atoms with Gasteiger partial charge in [-0.1, -0.05) is 0 Å². The lowest BCUT2D eigenvalue weighted by molar-refractivity contribution is 0.472. The van der Waals surface area contributed by atoms with Crippen LogP contribution in [-0.4, -0.2) is 16.3 Å². The highest BCUT2D eigenvalue weighted by molar-refractivity contribution is 5.49. The standard InChI is InChI=1S/C14H15F2N3/c1-8-9(2)18-19-13(3-4-17-14(8)19)10-5-11(15)7-12(16)6-10/h5-7,13,17H,3-4H2,1-2H3. The monoisotopic (exact) mass is 263 g/mol. The fourth-order valence-corrected chi connectivity index (χ4v) is 2.59. The van der Waals surface area contributed by atoms with Crippen molar-refractivity contribution in [2.24, 2.45) is 0 Å². The zero-order chi connectivity index (χ0) is 13.6. The fourth-order valence-electron chi connectivity index (χ4n) is 2.59. The number of aryl methyl sites for hydroxylation is 1. The number of fused-ring (bicyclic) bond motifs is 1. The first-order chi connectivity index (χ1) is 9.06. The molecule has 0 fully saturated rings. The Kier molecular flexibility index (Phi) is 2.77. The van der Waals surface area contributed by atoms with E-state index in [-0.39, 0.29) is 6.04 Å². The fraction of sp³-hybridized carbons (Fsp3) is 0.357. The third kappa shape index (κ3) is 1.99. The van der Waals surface area contributed by atoms with Crippen molar-refractivity contribution in [2.75, 3.05) is 11.9 Å². The van der Waals surface area contributed by atoms with Crippen LogP contribution in [0.5, 0.6) is 0 Å². The molecule has 3 rings (SSSR count). The van der Waals surface area contributed by atoms with Crippen LogP contribution >= 0.6 is 0 Å². The van der Waals surface area contributed by atoms with E-state index >= 15 is 0 Å². The molecule has 1 unspecified atom stereocenters. The summed E-state index contributed by atoms with van der Waals surface area (Å²) in [4.78, 5) is 0. The topological polar surface area (TPSA) is 29.9 Å². The first-order valence-electron chi connectivity index (χ1n) is 6.32. The van der Waals surface area contributed by atoms with Crippen LogP contribution < -0.4 is 5.32 Å². The predicted octanol–water partition coefficient (Wildman–Crippen LogP) is 3.18. The molecule has 0 spiro atoms. The second-order valence-electron chi connectivity index (χ2n) is 4.94. The molecule has 1 aromatic carbocycles. The minimum Gasteiger partial charge on any atom is -0.370 e.